The second kappa shape index (κ2) is 4.27. The molecule has 0 fully saturated rings. The Labute approximate surface area is 81.2 Å². The van der Waals surface area contributed by atoms with E-state index in [9.17, 15) is 4.79 Å². The number of carbonyl (C=O) groups excluding carboxylic acids is 1. The summed E-state index contributed by atoms with van der Waals surface area (Å²) in [5.41, 5.74) is 8.39. The average Bonchev–Trinajstić information content (AvgIpc) is 2.15. The lowest BCUT2D eigenvalue weighted by Crippen LogP contribution is -2.25. The summed E-state index contributed by atoms with van der Waals surface area (Å²) in [4.78, 5) is 10.4. The Morgan fingerprint density at radius 1 is 1.43 bits per heavy atom. The number of hydrogen-bond donors (Lipinski definition) is 3. The van der Waals surface area contributed by atoms with E-state index in [0.717, 1.165) is 5.56 Å². The highest BCUT2D eigenvalue weighted by Gasteiger charge is 1.97. The van der Waals surface area contributed by atoms with Crippen LogP contribution in [-0.4, -0.2) is 16.8 Å². The molecule has 5 heteroatoms. The molecule has 0 atom stereocenters. The van der Waals surface area contributed by atoms with Crippen LogP contribution in [0.1, 0.15) is 12.5 Å². The maximum atomic E-state index is 10.4. The molecule has 0 aromatic heterocycles. The number of primary amides is 1. The van der Waals surface area contributed by atoms with E-state index in [4.69, 9.17) is 10.8 Å². The van der Waals surface area contributed by atoms with Crippen molar-refractivity contribution in [3.63, 3.8) is 0 Å². The van der Waals surface area contributed by atoms with Crippen molar-refractivity contribution >= 4 is 11.7 Å². The molecule has 0 unspecified atom stereocenters. The van der Waals surface area contributed by atoms with E-state index in [2.05, 4.69) is 10.5 Å². The molecule has 2 amide bonds. The minimum atomic E-state index is -0.705. The number of phenols is 1. The lowest BCUT2D eigenvalue weighted by molar-refractivity contribution is 0.249. The van der Waals surface area contributed by atoms with Gasteiger partial charge in [-0.15, -0.1) is 0 Å². The molecule has 1 rings (SSSR count). The van der Waals surface area contributed by atoms with Crippen molar-refractivity contribution in [1.29, 1.82) is 0 Å². The van der Waals surface area contributed by atoms with Gasteiger partial charge in [0.15, 0.2) is 0 Å². The second-order valence-corrected chi connectivity index (χ2v) is 2.72. The Balaban J connectivity index is 2.78. The molecular weight excluding hydrogens is 182 g/mol. The van der Waals surface area contributed by atoms with Gasteiger partial charge >= 0.3 is 6.03 Å². The van der Waals surface area contributed by atoms with Gasteiger partial charge in [-0.25, -0.2) is 10.2 Å². The quantitative estimate of drug-likeness (QED) is 0.478. The standard InChI is InChI=1S/C9H11N3O2/c1-6(11-12-9(10)14)7-2-4-8(13)5-3-7/h2-5,13H,1H3,(H3,10,12,14)/b11-6+. The van der Waals surface area contributed by atoms with E-state index < -0.39 is 6.03 Å². The summed E-state index contributed by atoms with van der Waals surface area (Å²) in [5.74, 6) is 0.185. The van der Waals surface area contributed by atoms with E-state index in [1.54, 1.807) is 31.2 Å². The molecule has 0 aliphatic rings. The van der Waals surface area contributed by atoms with E-state index in [0.29, 0.717) is 5.71 Å². The topological polar surface area (TPSA) is 87.7 Å². The van der Waals surface area contributed by atoms with E-state index >= 15 is 0 Å². The van der Waals surface area contributed by atoms with Crippen LogP contribution in [-0.2, 0) is 0 Å². The number of urea groups is 1. The largest absolute Gasteiger partial charge is 0.508 e. The number of amides is 2. The lowest BCUT2D eigenvalue weighted by Gasteiger charge is -2.00. The van der Waals surface area contributed by atoms with Crippen LogP contribution in [0.5, 0.6) is 5.75 Å². The molecule has 0 saturated carbocycles. The first kappa shape index (κ1) is 10.0. The molecule has 74 valence electrons. The molecule has 0 aliphatic carbocycles. The fourth-order valence-electron chi connectivity index (χ4n) is 0.906. The third-order valence-electron chi connectivity index (χ3n) is 1.62. The maximum Gasteiger partial charge on any atom is 0.332 e. The fourth-order valence-corrected chi connectivity index (χ4v) is 0.906. The molecule has 0 radical (unpaired) electrons. The maximum absolute atomic E-state index is 10.4. The number of hydrazone groups is 1. The zero-order chi connectivity index (χ0) is 10.6. The van der Waals surface area contributed by atoms with Gasteiger partial charge < -0.3 is 10.8 Å². The number of phenolic OH excluding ortho intramolecular Hbond substituents is 1. The minimum absolute atomic E-state index is 0.185. The van der Waals surface area contributed by atoms with Gasteiger partial charge in [0, 0.05) is 0 Å². The molecule has 4 N–H and O–H groups in total. The number of aromatic hydroxyl groups is 1. The highest BCUT2D eigenvalue weighted by molar-refractivity contribution is 5.99. The Bertz CT molecular complexity index is 357. The van der Waals surface area contributed by atoms with Gasteiger partial charge in [0.2, 0.25) is 0 Å². The van der Waals surface area contributed by atoms with Crippen molar-refractivity contribution in [2.45, 2.75) is 6.92 Å². The van der Waals surface area contributed by atoms with E-state index in [1.165, 1.54) is 0 Å². The molecular formula is C9H11N3O2. The van der Waals surface area contributed by atoms with Gasteiger partial charge in [-0.1, -0.05) is 0 Å². The normalized spacial score (nSPS) is 11.1. The molecule has 1 aromatic carbocycles. The number of hydrogen-bond acceptors (Lipinski definition) is 3. The van der Waals surface area contributed by atoms with Crippen LogP contribution in [0.3, 0.4) is 0 Å². The van der Waals surface area contributed by atoms with Crippen molar-refractivity contribution < 1.29 is 9.90 Å². The zero-order valence-corrected chi connectivity index (χ0v) is 7.69. The third kappa shape index (κ3) is 2.78. The summed E-state index contributed by atoms with van der Waals surface area (Å²) in [6.45, 7) is 1.72. The summed E-state index contributed by atoms with van der Waals surface area (Å²) in [7, 11) is 0. The summed E-state index contributed by atoms with van der Waals surface area (Å²) < 4.78 is 0. The van der Waals surface area contributed by atoms with Crippen molar-refractivity contribution in [2.75, 3.05) is 0 Å². The van der Waals surface area contributed by atoms with Crippen LogP contribution in [0, 0.1) is 0 Å². The monoisotopic (exact) mass is 193 g/mol. The van der Waals surface area contributed by atoms with E-state index in [-0.39, 0.29) is 5.75 Å². The molecule has 5 nitrogen and oxygen atoms in total. The predicted molar refractivity (Wildman–Crippen MR) is 53.0 cm³/mol. The summed E-state index contributed by atoms with van der Waals surface area (Å²) >= 11 is 0. The molecule has 0 spiro atoms. The molecule has 14 heavy (non-hydrogen) atoms. The smallest absolute Gasteiger partial charge is 0.332 e. The van der Waals surface area contributed by atoms with Crippen LogP contribution in [0.25, 0.3) is 0 Å². The molecule has 0 saturated heterocycles. The van der Waals surface area contributed by atoms with Crippen molar-refractivity contribution in [3.8, 4) is 5.75 Å². The Morgan fingerprint density at radius 2 is 2.00 bits per heavy atom. The average molecular weight is 193 g/mol. The molecule has 0 heterocycles. The van der Waals surface area contributed by atoms with Crippen molar-refractivity contribution in [1.82, 2.24) is 5.43 Å². The fraction of sp³-hybridized carbons (Fsp3) is 0.111. The van der Waals surface area contributed by atoms with E-state index in [1.807, 2.05) is 0 Å². The van der Waals surface area contributed by atoms with Crippen LogP contribution in [0.15, 0.2) is 29.4 Å². The highest BCUT2D eigenvalue weighted by atomic mass is 16.3. The number of nitrogens with one attached hydrogen (secondary N) is 1. The molecule has 0 bridgehead atoms. The predicted octanol–water partition coefficient (Wildman–Crippen LogP) is 0.784. The van der Waals surface area contributed by atoms with Gasteiger partial charge in [-0.3, -0.25) is 0 Å². The second-order valence-electron chi connectivity index (χ2n) is 2.72. The minimum Gasteiger partial charge on any atom is -0.508 e. The highest BCUT2D eigenvalue weighted by Crippen LogP contribution is 2.09. The Hall–Kier alpha value is -2.04. The lowest BCUT2D eigenvalue weighted by atomic mass is 10.1. The first-order valence-electron chi connectivity index (χ1n) is 3.98. The van der Waals surface area contributed by atoms with Gasteiger partial charge in [0.05, 0.1) is 5.71 Å². The van der Waals surface area contributed by atoms with Crippen LogP contribution in [0.4, 0.5) is 4.79 Å². The van der Waals surface area contributed by atoms with Gasteiger partial charge in [0.25, 0.3) is 0 Å². The Morgan fingerprint density at radius 3 is 2.50 bits per heavy atom. The van der Waals surface area contributed by atoms with Crippen molar-refractivity contribution in [2.24, 2.45) is 10.8 Å². The Kier molecular flexibility index (Phi) is 3.06. The first-order chi connectivity index (χ1) is 6.59. The number of rotatable bonds is 2. The summed E-state index contributed by atoms with van der Waals surface area (Å²) in [6, 6.07) is 5.76. The van der Waals surface area contributed by atoms with Gasteiger partial charge in [0.1, 0.15) is 5.75 Å². The van der Waals surface area contributed by atoms with Crippen LogP contribution < -0.4 is 11.2 Å². The zero-order valence-electron chi connectivity index (χ0n) is 7.69. The molecule has 1 aromatic rings. The van der Waals surface area contributed by atoms with Crippen LogP contribution >= 0.6 is 0 Å². The third-order valence-corrected chi connectivity index (χ3v) is 1.62. The number of nitrogens with two attached hydrogens (primary N) is 1. The molecule has 0 aliphatic heterocycles. The SMILES string of the molecule is C/C(=N\NC(N)=O)c1ccc(O)cc1. The van der Waals surface area contributed by atoms with Gasteiger partial charge in [-0.05, 0) is 36.8 Å². The van der Waals surface area contributed by atoms with Crippen LogP contribution in [0.2, 0.25) is 0 Å². The number of nitrogens with zero attached hydrogens (tertiary/aromatic N) is 1. The summed E-state index contributed by atoms with van der Waals surface area (Å²) in [5, 5.41) is 12.8. The first-order valence-corrected chi connectivity index (χ1v) is 3.98. The van der Waals surface area contributed by atoms with Crippen molar-refractivity contribution in [3.05, 3.63) is 29.8 Å². The number of benzene rings is 1. The van der Waals surface area contributed by atoms with Gasteiger partial charge in [-0.2, -0.15) is 5.10 Å². The summed E-state index contributed by atoms with van der Waals surface area (Å²) in [6.07, 6.45) is 0. The number of carbonyl (C=O) groups is 1.